The fourth-order valence-corrected chi connectivity index (χ4v) is 3.30. The SMILES string of the molecule is COC[C@H](C)NC(=O)c1c(-c2ccsc2)nc2c(C(N)=O)cccn12. The summed E-state index contributed by atoms with van der Waals surface area (Å²) in [6, 6.07) is 4.97. The minimum absolute atomic E-state index is 0.169. The summed E-state index contributed by atoms with van der Waals surface area (Å²) in [5, 5.41) is 6.70. The van der Waals surface area contributed by atoms with Crippen molar-refractivity contribution in [2.75, 3.05) is 13.7 Å². The molecule has 2 amide bonds. The number of nitrogens with zero attached hydrogens (tertiary/aromatic N) is 2. The number of nitrogens with one attached hydrogen (secondary N) is 1. The van der Waals surface area contributed by atoms with Gasteiger partial charge in [0.2, 0.25) is 0 Å². The number of fused-ring (bicyclic) bond motifs is 1. The van der Waals surface area contributed by atoms with Crippen LogP contribution < -0.4 is 11.1 Å². The lowest BCUT2D eigenvalue weighted by atomic mass is 10.2. The van der Waals surface area contributed by atoms with Crippen LogP contribution in [0.5, 0.6) is 0 Å². The number of hydrogen-bond acceptors (Lipinski definition) is 5. The van der Waals surface area contributed by atoms with Crippen LogP contribution in [0.15, 0.2) is 35.2 Å². The molecule has 8 heteroatoms. The van der Waals surface area contributed by atoms with E-state index >= 15 is 0 Å². The van der Waals surface area contributed by atoms with Gasteiger partial charge < -0.3 is 15.8 Å². The Kier molecular flexibility index (Phi) is 4.82. The summed E-state index contributed by atoms with van der Waals surface area (Å²) in [6.07, 6.45) is 1.69. The van der Waals surface area contributed by atoms with Crippen molar-refractivity contribution in [3.05, 3.63) is 46.4 Å². The number of methoxy groups -OCH3 is 1. The maximum absolute atomic E-state index is 12.9. The first kappa shape index (κ1) is 17.1. The Hall–Kier alpha value is -2.71. The van der Waals surface area contributed by atoms with Crippen molar-refractivity contribution in [2.24, 2.45) is 5.73 Å². The molecule has 0 unspecified atom stereocenters. The molecule has 0 bridgehead atoms. The van der Waals surface area contributed by atoms with Crippen LogP contribution in [0.25, 0.3) is 16.9 Å². The molecule has 0 aliphatic carbocycles. The molecule has 0 saturated carbocycles. The quantitative estimate of drug-likeness (QED) is 0.703. The lowest BCUT2D eigenvalue weighted by molar-refractivity contribution is 0.0899. The monoisotopic (exact) mass is 358 g/mol. The Morgan fingerprint density at radius 2 is 2.24 bits per heavy atom. The van der Waals surface area contributed by atoms with E-state index in [0.29, 0.717) is 23.6 Å². The molecule has 3 aromatic heterocycles. The number of carbonyl (C=O) groups is 2. The van der Waals surface area contributed by atoms with Gasteiger partial charge in [-0.2, -0.15) is 11.3 Å². The number of pyridine rings is 1. The van der Waals surface area contributed by atoms with Crippen molar-refractivity contribution >= 4 is 28.8 Å². The van der Waals surface area contributed by atoms with Gasteiger partial charge in [0.25, 0.3) is 11.8 Å². The van der Waals surface area contributed by atoms with E-state index < -0.39 is 5.91 Å². The van der Waals surface area contributed by atoms with Gasteiger partial charge in [-0.05, 0) is 30.5 Å². The van der Waals surface area contributed by atoms with Gasteiger partial charge in [0, 0.05) is 30.3 Å². The molecule has 0 saturated heterocycles. The number of hydrogen-bond donors (Lipinski definition) is 2. The van der Waals surface area contributed by atoms with Crippen LogP contribution in [-0.2, 0) is 4.74 Å². The molecule has 25 heavy (non-hydrogen) atoms. The maximum Gasteiger partial charge on any atom is 0.270 e. The highest BCUT2D eigenvalue weighted by Gasteiger charge is 2.24. The Bertz CT molecular complexity index is 918. The van der Waals surface area contributed by atoms with Gasteiger partial charge in [0.1, 0.15) is 11.4 Å². The molecule has 0 aliphatic heterocycles. The Labute approximate surface area is 148 Å². The first-order valence-corrected chi connectivity index (χ1v) is 8.60. The fraction of sp³-hybridized carbons (Fsp3) is 0.235. The third-order valence-electron chi connectivity index (χ3n) is 3.72. The zero-order chi connectivity index (χ0) is 18.0. The minimum atomic E-state index is -0.591. The van der Waals surface area contributed by atoms with Crippen LogP contribution in [-0.4, -0.2) is 41.0 Å². The molecule has 1 atom stereocenters. The lowest BCUT2D eigenvalue weighted by Crippen LogP contribution is -2.36. The second-order valence-corrected chi connectivity index (χ2v) is 6.41. The number of carbonyl (C=O) groups excluding carboxylic acids is 2. The highest BCUT2D eigenvalue weighted by Crippen LogP contribution is 2.27. The Morgan fingerprint density at radius 1 is 1.44 bits per heavy atom. The van der Waals surface area contributed by atoms with Gasteiger partial charge in [0.05, 0.1) is 12.2 Å². The molecular formula is C17H18N4O3S. The normalized spacial score (nSPS) is 12.2. The van der Waals surface area contributed by atoms with Crippen molar-refractivity contribution in [1.29, 1.82) is 0 Å². The van der Waals surface area contributed by atoms with Crippen LogP contribution in [0.2, 0.25) is 0 Å². The standard InChI is InChI=1S/C17H18N4O3S/c1-10(8-24-2)19-17(23)14-13(11-5-7-25-9-11)20-16-12(15(18)22)4-3-6-21(14)16/h3-7,9-10H,8H2,1-2H3,(H2,18,22)(H,19,23)/t10-/m0/s1. The van der Waals surface area contributed by atoms with Gasteiger partial charge in [0.15, 0.2) is 5.65 Å². The molecule has 3 rings (SSSR count). The van der Waals surface area contributed by atoms with Crippen LogP contribution in [0.4, 0.5) is 0 Å². The first-order chi connectivity index (χ1) is 12.0. The average molecular weight is 358 g/mol. The molecular weight excluding hydrogens is 340 g/mol. The molecule has 0 radical (unpaired) electrons. The molecule has 3 heterocycles. The van der Waals surface area contributed by atoms with Crippen molar-refractivity contribution in [1.82, 2.24) is 14.7 Å². The van der Waals surface area contributed by atoms with Gasteiger partial charge in [-0.1, -0.05) is 0 Å². The average Bonchev–Trinajstić information content (AvgIpc) is 3.21. The van der Waals surface area contributed by atoms with Crippen LogP contribution in [0.1, 0.15) is 27.8 Å². The zero-order valence-electron chi connectivity index (χ0n) is 13.9. The second-order valence-electron chi connectivity index (χ2n) is 5.63. The molecule has 0 aromatic carbocycles. The van der Waals surface area contributed by atoms with Crippen molar-refractivity contribution < 1.29 is 14.3 Å². The topological polar surface area (TPSA) is 98.7 Å². The summed E-state index contributed by atoms with van der Waals surface area (Å²) in [5.41, 5.74) is 7.76. The van der Waals surface area contributed by atoms with Crippen LogP contribution >= 0.6 is 11.3 Å². The largest absolute Gasteiger partial charge is 0.383 e. The van der Waals surface area contributed by atoms with Gasteiger partial charge in [-0.15, -0.1) is 0 Å². The number of rotatable bonds is 6. The van der Waals surface area contributed by atoms with Crippen molar-refractivity contribution in [3.63, 3.8) is 0 Å². The third kappa shape index (κ3) is 3.26. The molecule has 130 valence electrons. The van der Waals surface area contributed by atoms with Gasteiger partial charge >= 0.3 is 0 Å². The van der Waals surface area contributed by atoms with E-state index in [1.54, 1.807) is 29.8 Å². The van der Waals surface area contributed by atoms with E-state index in [1.165, 1.54) is 11.3 Å². The lowest BCUT2D eigenvalue weighted by Gasteiger charge is -2.13. The molecule has 3 aromatic rings. The third-order valence-corrected chi connectivity index (χ3v) is 4.40. The number of nitrogens with two attached hydrogens (primary N) is 1. The summed E-state index contributed by atoms with van der Waals surface area (Å²) in [5.74, 6) is -0.882. The predicted molar refractivity (Wildman–Crippen MR) is 95.8 cm³/mol. The number of ether oxygens (including phenoxy) is 1. The minimum Gasteiger partial charge on any atom is -0.383 e. The Morgan fingerprint density at radius 3 is 2.88 bits per heavy atom. The van der Waals surface area contributed by atoms with Crippen molar-refractivity contribution in [2.45, 2.75) is 13.0 Å². The summed E-state index contributed by atoms with van der Waals surface area (Å²) in [7, 11) is 1.58. The zero-order valence-corrected chi connectivity index (χ0v) is 14.7. The van der Waals surface area contributed by atoms with E-state index in [9.17, 15) is 9.59 Å². The predicted octanol–water partition coefficient (Wildman–Crippen LogP) is 1.93. The Balaban J connectivity index is 2.17. The van der Waals surface area contributed by atoms with E-state index in [1.807, 2.05) is 23.8 Å². The summed E-state index contributed by atoms with van der Waals surface area (Å²) >= 11 is 1.50. The maximum atomic E-state index is 12.9. The highest BCUT2D eigenvalue weighted by molar-refractivity contribution is 7.08. The molecule has 3 N–H and O–H groups in total. The number of primary amides is 1. The number of thiophene rings is 1. The molecule has 0 fully saturated rings. The van der Waals surface area contributed by atoms with E-state index in [-0.39, 0.29) is 17.5 Å². The fourth-order valence-electron chi connectivity index (χ4n) is 2.66. The molecule has 7 nitrogen and oxygen atoms in total. The second kappa shape index (κ2) is 7.04. The van der Waals surface area contributed by atoms with Gasteiger partial charge in [-0.3, -0.25) is 14.0 Å². The van der Waals surface area contributed by atoms with E-state index in [4.69, 9.17) is 10.5 Å². The number of amides is 2. The molecule has 0 aliphatic rings. The summed E-state index contributed by atoms with van der Waals surface area (Å²) < 4.78 is 6.66. The van der Waals surface area contributed by atoms with Gasteiger partial charge in [-0.25, -0.2) is 4.98 Å². The number of imidazole rings is 1. The number of aromatic nitrogens is 2. The molecule has 0 spiro atoms. The van der Waals surface area contributed by atoms with Crippen LogP contribution in [0, 0.1) is 0 Å². The van der Waals surface area contributed by atoms with E-state index in [0.717, 1.165) is 5.56 Å². The first-order valence-electron chi connectivity index (χ1n) is 7.66. The summed E-state index contributed by atoms with van der Waals surface area (Å²) in [4.78, 5) is 29.1. The van der Waals surface area contributed by atoms with E-state index in [2.05, 4.69) is 10.3 Å². The van der Waals surface area contributed by atoms with Crippen molar-refractivity contribution in [3.8, 4) is 11.3 Å². The summed E-state index contributed by atoms with van der Waals surface area (Å²) in [6.45, 7) is 2.24. The van der Waals surface area contributed by atoms with Crippen LogP contribution in [0.3, 0.4) is 0 Å². The smallest absolute Gasteiger partial charge is 0.270 e. The highest BCUT2D eigenvalue weighted by atomic mass is 32.1.